The number of hydrogen-bond acceptors (Lipinski definition) is 3. The van der Waals surface area contributed by atoms with Gasteiger partial charge in [0.15, 0.2) is 0 Å². The highest BCUT2D eigenvalue weighted by molar-refractivity contribution is 5.89. The van der Waals surface area contributed by atoms with Gasteiger partial charge in [-0.05, 0) is 31.2 Å². The van der Waals surface area contributed by atoms with Gasteiger partial charge in [-0.25, -0.2) is 4.79 Å². The minimum Gasteiger partial charge on any atom is -0.324 e. The van der Waals surface area contributed by atoms with E-state index in [2.05, 4.69) is 5.32 Å². The van der Waals surface area contributed by atoms with Crippen molar-refractivity contribution in [2.45, 2.75) is 13.3 Å². The molecule has 1 aromatic rings. The zero-order chi connectivity index (χ0) is 13.4. The van der Waals surface area contributed by atoms with E-state index in [-0.39, 0.29) is 6.03 Å². The number of benzene rings is 1. The largest absolute Gasteiger partial charge is 0.324 e. The van der Waals surface area contributed by atoms with Crippen LogP contribution in [-0.4, -0.2) is 24.0 Å². The highest BCUT2D eigenvalue weighted by atomic mass is 16.2. The van der Waals surface area contributed by atoms with Gasteiger partial charge in [0.2, 0.25) is 0 Å². The normalized spacial score (nSPS) is 9.06. The summed E-state index contributed by atoms with van der Waals surface area (Å²) in [6, 6.07) is 10.4. The minimum absolute atomic E-state index is 0.238. The van der Waals surface area contributed by atoms with Crippen molar-refractivity contribution in [1.82, 2.24) is 4.90 Å². The van der Waals surface area contributed by atoms with Crippen molar-refractivity contribution in [2.75, 3.05) is 18.4 Å². The van der Waals surface area contributed by atoms with Crippen LogP contribution in [0.3, 0.4) is 0 Å². The Morgan fingerprint density at radius 3 is 2.50 bits per heavy atom. The van der Waals surface area contributed by atoms with Gasteiger partial charge in [-0.3, -0.25) is 0 Å². The third-order valence-electron chi connectivity index (χ3n) is 2.43. The molecule has 0 aliphatic heterocycles. The molecule has 5 heteroatoms. The number of rotatable bonds is 4. The molecule has 18 heavy (non-hydrogen) atoms. The SMILES string of the molecule is CCN(CCC#N)C(=O)Nc1ccc(C#N)cc1. The molecule has 5 nitrogen and oxygen atoms in total. The van der Waals surface area contributed by atoms with E-state index in [0.717, 1.165) is 0 Å². The molecule has 0 bridgehead atoms. The molecule has 0 aromatic heterocycles. The quantitative estimate of drug-likeness (QED) is 0.879. The van der Waals surface area contributed by atoms with E-state index in [9.17, 15) is 4.79 Å². The van der Waals surface area contributed by atoms with Crippen molar-refractivity contribution in [3.05, 3.63) is 29.8 Å². The van der Waals surface area contributed by atoms with Crippen LogP contribution < -0.4 is 5.32 Å². The highest BCUT2D eigenvalue weighted by Gasteiger charge is 2.10. The fourth-order valence-corrected chi connectivity index (χ4v) is 1.42. The highest BCUT2D eigenvalue weighted by Crippen LogP contribution is 2.09. The lowest BCUT2D eigenvalue weighted by atomic mass is 10.2. The number of nitriles is 2. The van der Waals surface area contributed by atoms with Gasteiger partial charge < -0.3 is 10.2 Å². The predicted molar refractivity (Wildman–Crippen MR) is 67.7 cm³/mol. The number of nitrogens with zero attached hydrogens (tertiary/aromatic N) is 3. The second-order valence-electron chi connectivity index (χ2n) is 3.61. The first kappa shape index (κ1) is 13.5. The van der Waals surface area contributed by atoms with E-state index in [1.807, 2.05) is 19.1 Å². The van der Waals surface area contributed by atoms with Gasteiger partial charge in [0.05, 0.1) is 24.1 Å². The Kier molecular flexibility index (Phi) is 5.21. The number of carbonyl (C=O) groups excluding carboxylic acids is 1. The van der Waals surface area contributed by atoms with Crippen LogP contribution in [-0.2, 0) is 0 Å². The predicted octanol–water partition coefficient (Wildman–Crippen LogP) is 2.33. The van der Waals surface area contributed by atoms with Crippen LogP contribution in [0, 0.1) is 22.7 Å². The fourth-order valence-electron chi connectivity index (χ4n) is 1.42. The molecule has 0 radical (unpaired) electrons. The number of urea groups is 1. The zero-order valence-corrected chi connectivity index (χ0v) is 10.2. The third-order valence-corrected chi connectivity index (χ3v) is 2.43. The monoisotopic (exact) mass is 242 g/mol. The van der Waals surface area contributed by atoms with Crippen LogP contribution in [0.25, 0.3) is 0 Å². The number of anilines is 1. The summed E-state index contributed by atoms with van der Waals surface area (Å²) in [6.07, 6.45) is 0.314. The molecule has 0 fully saturated rings. The fraction of sp³-hybridized carbons (Fsp3) is 0.308. The molecule has 0 saturated heterocycles. The topological polar surface area (TPSA) is 79.9 Å². The van der Waals surface area contributed by atoms with Crippen molar-refractivity contribution >= 4 is 11.7 Å². The summed E-state index contributed by atoms with van der Waals surface area (Å²) >= 11 is 0. The second kappa shape index (κ2) is 6.93. The van der Waals surface area contributed by atoms with Crippen molar-refractivity contribution in [3.8, 4) is 12.1 Å². The van der Waals surface area contributed by atoms with Gasteiger partial charge in [-0.1, -0.05) is 0 Å². The van der Waals surface area contributed by atoms with E-state index in [1.54, 1.807) is 29.2 Å². The molecule has 1 rings (SSSR count). The lowest BCUT2D eigenvalue weighted by Crippen LogP contribution is -2.35. The smallest absolute Gasteiger partial charge is 0.321 e. The van der Waals surface area contributed by atoms with Crippen molar-refractivity contribution in [1.29, 1.82) is 10.5 Å². The van der Waals surface area contributed by atoms with Crippen molar-refractivity contribution in [3.63, 3.8) is 0 Å². The minimum atomic E-state index is -0.238. The molecule has 0 saturated carbocycles. The van der Waals surface area contributed by atoms with Crippen molar-refractivity contribution < 1.29 is 4.79 Å². The van der Waals surface area contributed by atoms with Crippen molar-refractivity contribution in [2.24, 2.45) is 0 Å². The maximum Gasteiger partial charge on any atom is 0.321 e. The zero-order valence-electron chi connectivity index (χ0n) is 10.2. The van der Waals surface area contributed by atoms with E-state index in [0.29, 0.717) is 30.8 Å². The Balaban J connectivity index is 2.62. The average molecular weight is 242 g/mol. The molecule has 0 atom stereocenters. The number of hydrogen-bond donors (Lipinski definition) is 1. The number of nitrogens with one attached hydrogen (secondary N) is 1. The Morgan fingerprint density at radius 1 is 1.33 bits per heavy atom. The van der Waals surface area contributed by atoms with Crippen LogP contribution in [0.4, 0.5) is 10.5 Å². The first-order valence-electron chi connectivity index (χ1n) is 5.64. The van der Waals surface area contributed by atoms with Gasteiger partial charge in [0.1, 0.15) is 0 Å². The first-order chi connectivity index (χ1) is 8.71. The maximum absolute atomic E-state index is 11.8. The molecule has 0 aliphatic rings. The average Bonchev–Trinajstić information content (AvgIpc) is 2.40. The Bertz CT molecular complexity index is 481. The Hall–Kier alpha value is -2.53. The number of carbonyl (C=O) groups is 1. The summed E-state index contributed by atoms with van der Waals surface area (Å²) in [5, 5.41) is 19.9. The van der Waals surface area contributed by atoms with E-state index < -0.39 is 0 Å². The summed E-state index contributed by atoms with van der Waals surface area (Å²) in [7, 11) is 0. The molecular formula is C13H14N4O. The van der Waals surface area contributed by atoms with Gasteiger partial charge in [-0.15, -0.1) is 0 Å². The number of amides is 2. The first-order valence-corrected chi connectivity index (χ1v) is 5.64. The van der Waals surface area contributed by atoms with Crippen LogP contribution in [0.15, 0.2) is 24.3 Å². The Morgan fingerprint density at radius 2 is 2.00 bits per heavy atom. The summed E-state index contributed by atoms with van der Waals surface area (Å²) in [5.41, 5.74) is 1.18. The molecule has 0 unspecified atom stereocenters. The van der Waals surface area contributed by atoms with Gasteiger partial charge in [0.25, 0.3) is 0 Å². The van der Waals surface area contributed by atoms with E-state index in [1.165, 1.54) is 0 Å². The van der Waals surface area contributed by atoms with Crippen LogP contribution in [0.5, 0.6) is 0 Å². The molecule has 0 heterocycles. The molecule has 0 aliphatic carbocycles. The molecule has 2 amide bonds. The van der Waals surface area contributed by atoms with Gasteiger partial charge in [0, 0.05) is 18.8 Å². The standard InChI is InChI=1S/C13H14N4O/c1-2-17(9-3-8-14)13(18)16-12-6-4-11(10-15)5-7-12/h4-7H,2-3,9H2,1H3,(H,16,18). The van der Waals surface area contributed by atoms with Crippen LogP contribution in [0.2, 0.25) is 0 Å². The summed E-state index contributed by atoms with van der Waals surface area (Å²) in [5.74, 6) is 0. The summed E-state index contributed by atoms with van der Waals surface area (Å²) in [4.78, 5) is 13.4. The molecule has 92 valence electrons. The summed E-state index contributed by atoms with van der Waals surface area (Å²) < 4.78 is 0. The van der Waals surface area contributed by atoms with Crippen LogP contribution in [0.1, 0.15) is 18.9 Å². The van der Waals surface area contributed by atoms with E-state index >= 15 is 0 Å². The van der Waals surface area contributed by atoms with Gasteiger partial charge >= 0.3 is 6.03 Å². The van der Waals surface area contributed by atoms with E-state index in [4.69, 9.17) is 10.5 Å². The molecule has 0 spiro atoms. The lowest BCUT2D eigenvalue weighted by Gasteiger charge is -2.20. The third kappa shape index (κ3) is 3.80. The molecule has 1 N–H and O–H groups in total. The molecular weight excluding hydrogens is 228 g/mol. The molecule has 1 aromatic carbocycles. The second-order valence-corrected chi connectivity index (χ2v) is 3.61. The van der Waals surface area contributed by atoms with Crippen LogP contribution >= 0.6 is 0 Å². The lowest BCUT2D eigenvalue weighted by molar-refractivity contribution is 0.215. The summed E-state index contributed by atoms with van der Waals surface area (Å²) in [6.45, 7) is 2.81. The van der Waals surface area contributed by atoms with Gasteiger partial charge in [-0.2, -0.15) is 10.5 Å². The maximum atomic E-state index is 11.8. The Labute approximate surface area is 106 Å².